The van der Waals surface area contributed by atoms with Crippen LogP contribution in [0.25, 0.3) is 0 Å². The highest BCUT2D eigenvalue weighted by Gasteiger charge is 2.05. The molecule has 0 spiro atoms. The van der Waals surface area contributed by atoms with E-state index < -0.39 is 0 Å². The quantitative estimate of drug-likeness (QED) is 0.877. The lowest BCUT2D eigenvalue weighted by molar-refractivity contribution is 0.163. The minimum Gasteiger partial charge on any atom is -0.496 e. The number of aliphatic hydroxyl groups excluding tert-OH is 1. The molecule has 4 heteroatoms. The Morgan fingerprint density at radius 1 is 1.47 bits per heavy atom. The highest BCUT2D eigenvalue weighted by molar-refractivity contribution is 9.10. The van der Waals surface area contributed by atoms with Gasteiger partial charge in [-0.05, 0) is 54.0 Å². The predicted molar refractivity (Wildman–Crippen MR) is 73.3 cm³/mol. The normalized spacial score (nSPS) is 12.8. The lowest BCUT2D eigenvalue weighted by Crippen LogP contribution is -2.22. The third-order valence-electron chi connectivity index (χ3n) is 2.60. The van der Waals surface area contributed by atoms with E-state index in [1.54, 1.807) is 7.11 Å². The van der Waals surface area contributed by atoms with Gasteiger partial charge in [0, 0.05) is 13.1 Å². The number of hydrogen-bond donors (Lipinski definition) is 1. The average Bonchev–Trinajstić information content (AvgIpc) is 2.26. The maximum atomic E-state index is 9.23. The van der Waals surface area contributed by atoms with Crippen molar-refractivity contribution in [2.75, 3.05) is 20.7 Å². The van der Waals surface area contributed by atoms with Crippen molar-refractivity contribution >= 4 is 15.9 Å². The maximum absolute atomic E-state index is 9.23. The van der Waals surface area contributed by atoms with Crippen molar-refractivity contribution < 1.29 is 9.84 Å². The van der Waals surface area contributed by atoms with Gasteiger partial charge in [0.15, 0.2) is 0 Å². The van der Waals surface area contributed by atoms with Crippen LogP contribution in [0.2, 0.25) is 0 Å². The minimum absolute atomic E-state index is 0.236. The molecule has 17 heavy (non-hydrogen) atoms. The summed E-state index contributed by atoms with van der Waals surface area (Å²) in [5.41, 5.74) is 1.23. The van der Waals surface area contributed by atoms with Gasteiger partial charge in [0.05, 0.1) is 17.7 Å². The summed E-state index contributed by atoms with van der Waals surface area (Å²) < 4.78 is 6.16. The number of aliphatic hydroxyl groups is 1. The molecule has 0 heterocycles. The van der Waals surface area contributed by atoms with Gasteiger partial charge in [-0.15, -0.1) is 0 Å². The number of ether oxygens (including phenoxy) is 1. The first-order valence-electron chi connectivity index (χ1n) is 5.72. The molecule has 0 radical (unpaired) electrons. The summed E-state index contributed by atoms with van der Waals surface area (Å²) in [5, 5.41) is 9.23. The molecule has 0 fully saturated rings. The number of nitrogens with zero attached hydrogens (tertiary/aromatic N) is 1. The zero-order valence-corrected chi connectivity index (χ0v) is 12.2. The van der Waals surface area contributed by atoms with Crippen LogP contribution >= 0.6 is 15.9 Å². The van der Waals surface area contributed by atoms with Gasteiger partial charge in [0.1, 0.15) is 5.75 Å². The number of halogens is 1. The third-order valence-corrected chi connectivity index (χ3v) is 3.22. The number of rotatable bonds is 6. The van der Waals surface area contributed by atoms with E-state index in [9.17, 15) is 5.11 Å². The highest BCUT2D eigenvalue weighted by Crippen LogP contribution is 2.25. The summed E-state index contributed by atoms with van der Waals surface area (Å²) in [5.74, 6) is 0.848. The van der Waals surface area contributed by atoms with E-state index in [1.807, 2.05) is 13.0 Å². The fourth-order valence-corrected chi connectivity index (χ4v) is 2.19. The summed E-state index contributed by atoms with van der Waals surface area (Å²) in [6.07, 6.45) is 0.563. The summed E-state index contributed by atoms with van der Waals surface area (Å²) in [7, 11) is 3.72. The van der Waals surface area contributed by atoms with E-state index >= 15 is 0 Å². The smallest absolute Gasteiger partial charge is 0.133 e. The predicted octanol–water partition coefficient (Wildman–Crippen LogP) is 2.66. The van der Waals surface area contributed by atoms with Gasteiger partial charge in [0.2, 0.25) is 0 Å². The van der Waals surface area contributed by atoms with Gasteiger partial charge in [-0.25, -0.2) is 0 Å². The van der Waals surface area contributed by atoms with E-state index in [1.165, 1.54) is 5.56 Å². The van der Waals surface area contributed by atoms with E-state index in [4.69, 9.17) is 4.74 Å². The molecule has 1 aromatic carbocycles. The molecule has 96 valence electrons. The molecule has 0 saturated heterocycles. The molecule has 0 amide bonds. The minimum atomic E-state index is -0.236. The summed E-state index contributed by atoms with van der Waals surface area (Å²) in [6, 6.07) is 6.09. The molecule has 0 aliphatic carbocycles. The summed E-state index contributed by atoms with van der Waals surface area (Å²) in [6.45, 7) is 3.58. The SMILES string of the molecule is COc1ccc(CN(C)CCC(C)O)cc1Br. The van der Waals surface area contributed by atoms with Gasteiger partial charge >= 0.3 is 0 Å². The topological polar surface area (TPSA) is 32.7 Å². The largest absolute Gasteiger partial charge is 0.496 e. The first kappa shape index (κ1) is 14.5. The Hall–Kier alpha value is -0.580. The molecule has 1 atom stereocenters. The van der Waals surface area contributed by atoms with Crippen molar-refractivity contribution in [1.82, 2.24) is 4.90 Å². The molecule has 3 nitrogen and oxygen atoms in total. The van der Waals surface area contributed by atoms with Crippen LogP contribution in [0.3, 0.4) is 0 Å². The van der Waals surface area contributed by atoms with Crippen molar-refractivity contribution in [3.8, 4) is 5.75 Å². The molecule has 0 aliphatic rings. The molecule has 1 rings (SSSR count). The van der Waals surface area contributed by atoms with Crippen molar-refractivity contribution in [1.29, 1.82) is 0 Å². The van der Waals surface area contributed by atoms with E-state index in [0.29, 0.717) is 0 Å². The fraction of sp³-hybridized carbons (Fsp3) is 0.538. The molecule has 0 saturated carbocycles. The Morgan fingerprint density at radius 2 is 2.18 bits per heavy atom. The van der Waals surface area contributed by atoms with E-state index in [0.717, 1.165) is 29.7 Å². The maximum Gasteiger partial charge on any atom is 0.133 e. The van der Waals surface area contributed by atoms with Crippen LogP contribution in [0.5, 0.6) is 5.75 Å². The lowest BCUT2D eigenvalue weighted by atomic mass is 10.2. The van der Waals surface area contributed by atoms with Crippen LogP contribution < -0.4 is 4.74 Å². The fourth-order valence-electron chi connectivity index (χ4n) is 1.61. The second kappa shape index (κ2) is 6.99. The monoisotopic (exact) mass is 301 g/mol. The van der Waals surface area contributed by atoms with Crippen molar-refractivity contribution in [3.05, 3.63) is 28.2 Å². The van der Waals surface area contributed by atoms with E-state index in [2.05, 4.69) is 40.0 Å². The van der Waals surface area contributed by atoms with E-state index in [-0.39, 0.29) is 6.10 Å². The van der Waals surface area contributed by atoms with Crippen LogP contribution in [0.4, 0.5) is 0 Å². The van der Waals surface area contributed by atoms with Gasteiger partial charge in [-0.3, -0.25) is 0 Å². The van der Waals surface area contributed by atoms with Crippen LogP contribution in [0, 0.1) is 0 Å². The van der Waals surface area contributed by atoms with Crippen molar-refractivity contribution in [2.45, 2.75) is 26.0 Å². The molecular weight excluding hydrogens is 282 g/mol. The molecule has 0 aliphatic heterocycles. The van der Waals surface area contributed by atoms with Gasteiger partial charge in [0.25, 0.3) is 0 Å². The van der Waals surface area contributed by atoms with Gasteiger partial charge in [-0.1, -0.05) is 6.07 Å². The Balaban J connectivity index is 2.53. The van der Waals surface area contributed by atoms with Crippen LogP contribution in [0.1, 0.15) is 18.9 Å². The second-order valence-electron chi connectivity index (χ2n) is 4.34. The molecule has 0 bridgehead atoms. The number of benzene rings is 1. The molecular formula is C13H20BrNO2. The number of methoxy groups -OCH3 is 1. The Kier molecular flexibility index (Phi) is 5.95. The van der Waals surface area contributed by atoms with Gasteiger partial charge in [-0.2, -0.15) is 0 Å². The Bertz CT molecular complexity index is 355. The first-order valence-corrected chi connectivity index (χ1v) is 6.51. The zero-order chi connectivity index (χ0) is 12.8. The van der Waals surface area contributed by atoms with Gasteiger partial charge < -0.3 is 14.7 Å². The summed E-state index contributed by atoms with van der Waals surface area (Å²) in [4.78, 5) is 2.20. The highest BCUT2D eigenvalue weighted by atomic mass is 79.9. The Labute approximate surface area is 112 Å². The zero-order valence-electron chi connectivity index (χ0n) is 10.6. The van der Waals surface area contributed by atoms with Crippen molar-refractivity contribution in [3.63, 3.8) is 0 Å². The van der Waals surface area contributed by atoms with Crippen molar-refractivity contribution in [2.24, 2.45) is 0 Å². The Morgan fingerprint density at radius 3 is 2.71 bits per heavy atom. The molecule has 0 aromatic heterocycles. The molecule has 1 N–H and O–H groups in total. The molecule has 1 aromatic rings. The lowest BCUT2D eigenvalue weighted by Gasteiger charge is -2.18. The third kappa shape index (κ3) is 5.06. The van der Waals surface area contributed by atoms with Crippen LogP contribution in [0.15, 0.2) is 22.7 Å². The standard InChI is InChI=1S/C13H20BrNO2/c1-10(16)6-7-15(2)9-11-4-5-13(17-3)12(14)8-11/h4-5,8,10,16H,6-7,9H2,1-3H3. The summed E-state index contributed by atoms with van der Waals surface area (Å²) >= 11 is 3.48. The number of hydrogen-bond acceptors (Lipinski definition) is 3. The average molecular weight is 302 g/mol. The first-order chi connectivity index (χ1) is 8.02. The van der Waals surface area contributed by atoms with Crippen LogP contribution in [-0.2, 0) is 6.54 Å². The van der Waals surface area contributed by atoms with Crippen LogP contribution in [-0.4, -0.2) is 36.8 Å². The molecule has 1 unspecified atom stereocenters. The second-order valence-corrected chi connectivity index (χ2v) is 5.20.